The minimum Gasteiger partial charge on any atom is -0.341 e. The number of hydrogen-bond acceptors (Lipinski definition) is 5. The number of nitrogens with two attached hydrogens (primary N) is 1. The fourth-order valence-corrected chi connectivity index (χ4v) is 6.31. The molecule has 3 aromatic carbocycles. The summed E-state index contributed by atoms with van der Waals surface area (Å²) in [5.41, 5.74) is 7.68. The molecular weight excluding hydrogens is 476 g/mol. The number of rotatable bonds is 6. The maximum absolute atomic E-state index is 13.5. The summed E-state index contributed by atoms with van der Waals surface area (Å²) >= 11 is 0. The molecule has 1 aliphatic rings. The van der Waals surface area contributed by atoms with Gasteiger partial charge in [0.25, 0.3) is 5.91 Å². The average molecular weight is 509 g/mol. The molecule has 2 unspecified atom stereocenters. The standard InChI is InChI=1S/C27H32N4O4S/c1-17-8-4-5-9-20(17)26(32)29-24-12-6-11-22-21(24)10-7-13-25(22)36(34,35)30-23-14-15-31(16-18(23)2)27(33)19(3)28/h4-13,18-19,23,30H,14-16,28H2,1-3H3,(H,29,32)/t18?,19-,23?/m0/s1. The molecule has 1 heterocycles. The van der Waals surface area contributed by atoms with Gasteiger partial charge in [-0.2, -0.15) is 0 Å². The van der Waals surface area contributed by atoms with E-state index in [1.807, 2.05) is 26.0 Å². The third-order valence-corrected chi connectivity index (χ3v) is 8.27. The van der Waals surface area contributed by atoms with Gasteiger partial charge in [-0.3, -0.25) is 9.59 Å². The molecule has 4 N–H and O–H groups in total. The summed E-state index contributed by atoms with van der Waals surface area (Å²) in [6.45, 7) is 6.34. The van der Waals surface area contributed by atoms with Crippen LogP contribution < -0.4 is 15.8 Å². The molecule has 0 aliphatic carbocycles. The van der Waals surface area contributed by atoms with Crippen molar-refractivity contribution in [2.24, 2.45) is 11.7 Å². The zero-order chi connectivity index (χ0) is 26.0. The molecule has 190 valence electrons. The summed E-state index contributed by atoms with van der Waals surface area (Å²) in [6, 6.07) is 16.7. The highest BCUT2D eigenvalue weighted by atomic mass is 32.2. The van der Waals surface area contributed by atoms with Gasteiger partial charge < -0.3 is 16.0 Å². The Kier molecular flexibility index (Phi) is 7.44. The number of hydrogen-bond donors (Lipinski definition) is 3. The van der Waals surface area contributed by atoms with Gasteiger partial charge in [0, 0.05) is 41.2 Å². The van der Waals surface area contributed by atoms with Crippen LogP contribution >= 0.6 is 0 Å². The molecule has 0 radical (unpaired) electrons. The molecule has 8 nitrogen and oxygen atoms in total. The average Bonchev–Trinajstić information content (AvgIpc) is 2.84. The Morgan fingerprint density at radius 2 is 1.72 bits per heavy atom. The van der Waals surface area contributed by atoms with Gasteiger partial charge in [0.1, 0.15) is 0 Å². The number of benzene rings is 3. The summed E-state index contributed by atoms with van der Waals surface area (Å²) in [4.78, 5) is 27.0. The molecule has 2 amide bonds. The molecule has 4 rings (SSSR count). The Balaban J connectivity index is 1.58. The van der Waals surface area contributed by atoms with E-state index in [1.165, 1.54) is 0 Å². The summed E-state index contributed by atoms with van der Waals surface area (Å²) in [7, 11) is -3.87. The molecule has 3 aromatic rings. The van der Waals surface area contributed by atoms with Gasteiger partial charge >= 0.3 is 0 Å². The molecule has 9 heteroatoms. The van der Waals surface area contributed by atoms with E-state index in [4.69, 9.17) is 5.73 Å². The summed E-state index contributed by atoms with van der Waals surface area (Å²) in [5, 5.41) is 4.08. The Bertz CT molecular complexity index is 1400. The van der Waals surface area contributed by atoms with E-state index in [0.29, 0.717) is 41.5 Å². The minimum atomic E-state index is -3.87. The SMILES string of the molecule is Cc1ccccc1C(=O)Nc1cccc2c(S(=O)(=O)NC3CCN(C(=O)[C@H](C)N)CC3C)cccc12. The largest absolute Gasteiger partial charge is 0.341 e. The second kappa shape index (κ2) is 10.4. The molecule has 0 bridgehead atoms. The number of likely N-dealkylation sites (tertiary alicyclic amines) is 1. The maximum atomic E-state index is 13.5. The highest BCUT2D eigenvalue weighted by Gasteiger charge is 2.33. The summed E-state index contributed by atoms with van der Waals surface area (Å²) < 4.78 is 29.8. The van der Waals surface area contributed by atoms with Crippen LogP contribution in [0, 0.1) is 12.8 Å². The van der Waals surface area contributed by atoms with Crippen molar-refractivity contribution < 1.29 is 18.0 Å². The lowest BCUT2D eigenvalue weighted by Gasteiger charge is -2.37. The van der Waals surface area contributed by atoms with E-state index in [9.17, 15) is 18.0 Å². The first kappa shape index (κ1) is 25.8. The molecular formula is C27H32N4O4S. The van der Waals surface area contributed by atoms with Crippen LogP contribution in [0.4, 0.5) is 5.69 Å². The minimum absolute atomic E-state index is 0.0739. The van der Waals surface area contributed by atoms with Gasteiger partial charge in [0.05, 0.1) is 10.9 Å². The molecule has 0 spiro atoms. The predicted octanol–water partition coefficient (Wildman–Crippen LogP) is 3.26. The lowest BCUT2D eigenvalue weighted by atomic mass is 9.94. The molecule has 1 aliphatic heterocycles. The molecule has 1 fully saturated rings. The number of piperidine rings is 1. The third-order valence-electron chi connectivity index (χ3n) is 6.72. The van der Waals surface area contributed by atoms with Crippen molar-refractivity contribution in [1.29, 1.82) is 0 Å². The number of carbonyl (C=O) groups is 2. The van der Waals surface area contributed by atoms with Gasteiger partial charge in [-0.1, -0.05) is 49.4 Å². The number of amides is 2. The van der Waals surface area contributed by atoms with Crippen LogP contribution in [0.25, 0.3) is 10.8 Å². The van der Waals surface area contributed by atoms with E-state index >= 15 is 0 Å². The molecule has 0 saturated carbocycles. The lowest BCUT2D eigenvalue weighted by Crippen LogP contribution is -2.54. The Hall–Kier alpha value is -3.27. The first-order valence-corrected chi connectivity index (χ1v) is 13.5. The van der Waals surface area contributed by atoms with Gasteiger partial charge in [0.15, 0.2) is 0 Å². The quantitative estimate of drug-likeness (QED) is 0.472. The van der Waals surface area contributed by atoms with Crippen LogP contribution in [0.1, 0.15) is 36.2 Å². The van der Waals surface area contributed by atoms with E-state index in [2.05, 4.69) is 10.0 Å². The van der Waals surface area contributed by atoms with Gasteiger partial charge in [-0.25, -0.2) is 13.1 Å². The Morgan fingerprint density at radius 1 is 1.03 bits per heavy atom. The normalized spacial score (nSPS) is 19.2. The van der Waals surface area contributed by atoms with Crippen molar-refractivity contribution in [2.45, 2.75) is 44.2 Å². The third kappa shape index (κ3) is 5.28. The van der Waals surface area contributed by atoms with Crippen LogP contribution in [0.3, 0.4) is 0 Å². The van der Waals surface area contributed by atoms with Crippen LogP contribution in [0.5, 0.6) is 0 Å². The molecule has 36 heavy (non-hydrogen) atoms. The fraction of sp³-hybridized carbons (Fsp3) is 0.333. The first-order chi connectivity index (χ1) is 17.1. The van der Waals surface area contributed by atoms with Crippen LogP contribution in [0.2, 0.25) is 0 Å². The second-order valence-electron chi connectivity index (χ2n) is 9.49. The van der Waals surface area contributed by atoms with E-state index in [-0.39, 0.29) is 28.7 Å². The highest BCUT2D eigenvalue weighted by Crippen LogP contribution is 2.30. The van der Waals surface area contributed by atoms with Crippen molar-refractivity contribution in [3.63, 3.8) is 0 Å². The second-order valence-corrected chi connectivity index (χ2v) is 11.2. The van der Waals surface area contributed by atoms with Crippen molar-refractivity contribution in [2.75, 3.05) is 18.4 Å². The number of aryl methyl sites for hydroxylation is 1. The zero-order valence-corrected chi connectivity index (χ0v) is 21.5. The van der Waals surface area contributed by atoms with E-state index in [0.717, 1.165) is 5.56 Å². The summed E-state index contributed by atoms with van der Waals surface area (Å²) in [6.07, 6.45) is 0.501. The fourth-order valence-electron chi connectivity index (χ4n) is 4.71. The number of anilines is 1. The van der Waals surface area contributed by atoms with Crippen molar-refractivity contribution >= 4 is 38.3 Å². The molecule has 0 aromatic heterocycles. The topological polar surface area (TPSA) is 122 Å². The van der Waals surface area contributed by atoms with Crippen molar-refractivity contribution in [1.82, 2.24) is 9.62 Å². The summed E-state index contributed by atoms with van der Waals surface area (Å²) in [5.74, 6) is -0.457. The van der Waals surface area contributed by atoms with Gasteiger partial charge in [-0.05, 0) is 49.9 Å². The lowest BCUT2D eigenvalue weighted by molar-refractivity contribution is -0.134. The maximum Gasteiger partial charge on any atom is 0.255 e. The molecule has 3 atom stereocenters. The highest BCUT2D eigenvalue weighted by molar-refractivity contribution is 7.89. The zero-order valence-electron chi connectivity index (χ0n) is 20.7. The van der Waals surface area contributed by atoms with Gasteiger partial charge in [0.2, 0.25) is 15.9 Å². The van der Waals surface area contributed by atoms with Gasteiger partial charge in [-0.15, -0.1) is 0 Å². The Labute approximate surface area is 211 Å². The smallest absolute Gasteiger partial charge is 0.255 e. The van der Waals surface area contributed by atoms with Crippen LogP contribution in [-0.2, 0) is 14.8 Å². The number of carbonyl (C=O) groups excluding carboxylic acids is 2. The first-order valence-electron chi connectivity index (χ1n) is 12.0. The van der Waals surface area contributed by atoms with Crippen molar-refractivity contribution in [3.05, 3.63) is 71.8 Å². The Morgan fingerprint density at radius 3 is 2.42 bits per heavy atom. The van der Waals surface area contributed by atoms with E-state index < -0.39 is 16.1 Å². The van der Waals surface area contributed by atoms with E-state index in [1.54, 1.807) is 60.4 Å². The molecule has 1 saturated heterocycles. The van der Waals surface area contributed by atoms with Crippen molar-refractivity contribution in [3.8, 4) is 0 Å². The number of fused-ring (bicyclic) bond motifs is 1. The van der Waals surface area contributed by atoms with Crippen LogP contribution in [-0.4, -0.2) is 50.3 Å². The number of nitrogens with zero attached hydrogens (tertiary/aromatic N) is 1. The monoisotopic (exact) mass is 508 g/mol. The number of nitrogens with one attached hydrogen (secondary N) is 2. The predicted molar refractivity (Wildman–Crippen MR) is 141 cm³/mol. The van der Waals surface area contributed by atoms with Crippen LogP contribution in [0.15, 0.2) is 65.6 Å². The number of sulfonamides is 1.